The van der Waals surface area contributed by atoms with Crippen molar-refractivity contribution in [2.75, 3.05) is 32.2 Å². The standard InChI is InChI=1S/C13H14BrClN2O/c1-17(5-6-18-2)12-4-3-9-7-10(14)8-11(15)13(9)16-12/h3-4,7-8H,5-6H2,1-2H3. The lowest BCUT2D eigenvalue weighted by molar-refractivity contribution is 0.206. The van der Waals surface area contributed by atoms with E-state index >= 15 is 0 Å². The molecule has 0 radical (unpaired) electrons. The molecule has 0 unspecified atom stereocenters. The zero-order valence-electron chi connectivity index (χ0n) is 10.3. The molecule has 2 rings (SSSR count). The van der Waals surface area contributed by atoms with Crippen molar-refractivity contribution in [1.29, 1.82) is 0 Å². The van der Waals surface area contributed by atoms with E-state index in [0.717, 1.165) is 27.7 Å². The Bertz CT molecular complexity index is 562. The van der Waals surface area contributed by atoms with E-state index in [4.69, 9.17) is 16.3 Å². The van der Waals surface area contributed by atoms with Crippen LogP contribution in [0.15, 0.2) is 28.7 Å². The van der Waals surface area contributed by atoms with Crippen molar-refractivity contribution in [3.05, 3.63) is 33.8 Å². The molecule has 5 heteroatoms. The molecular weight excluding hydrogens is 316 g/mol. The van der Waals surface area contributed by atoms with E-state index in [-0.39, 0.29) is 0 Å². The minimum Gasteiger partial charge on any atom is -0.383 e. The van der Waals surface area contributed by atoms with Crippen LogP contribution in [0, 0.1) is 0 Å². The van der Waals surface area contributed by atoms with Gasteiger partial charge in [0.25, 0.3) is 0 Å². The van der Waals surface area contributed by atoms with Crippen LogP contribution < -0.4 is 4.90 Å². The molecule has 0 aliphatic rings. The van der Waals surface area contributed by atoms with Gasteiger partial charge < -0.3 is 9.64 Å². The number of methoxy groups -OCH3 is 1. The maximum atomic E-state index is 6.21. The normalized spacial score (nSPS) is 10.9. The van der Waals surface area contributed by atoms with Gasteiger partial charge >= 0.3 is 0 Å². The second-order valence-electron chi connectivity index (χ2n) is 4.04. The summed E-state index contributed by atoms with van der Waals surface area (Å²) >= 11 is 9.63. The molecule has 0 bridgehead atoms. The van der Waals surface area contributed by atoms with Gasteiger partial charge in [0, 0.05) is 30.6 Å². The largest absolute Gasteiger partial charge is 0.383 e. The van der Waals surface area contributed by atoms with Crippen LogP contribution in [0.2, 0.25) is 5.02 Å². The van der Waals surface area contributed by atoms with Crippen molar-refractivity contribution in [3.8, 4) is 0 Å². The van der Waals surface area contributed by atoms with Gasteiger partial charge in [0.1, 0.15) is 5.82 Å². The van der Waals surface area contributed by atoms with Crippen molar-refractivity contribution in [2.24, 2.45) is 0 Å². The first kappa shape index (κ1) is 13.6. The molecule has 3 nitrogen and oxygen atoms in total. The summed E-state index contributed by atoms with van der Waals surface area (Å²) in [5.41, 5.74) is 0.821. The fourth-order valence-corrected chi connectivity index (χ4v) is 2.58. The summed E-state index contributed by atoms with van der Waals surface area (Å²) < 4.78 is 6.02. The first-order chi connectivity index (χ1) is 8.61. The highest BCUT2D eigenvalue weighted by molar-refractivity contribution is 9.10. The number of hydrogen-bond acceptors (Lipinski definition) is 3. The average Bonchev–Trinajstić information content (AvgIpc) is 2.35. The summed E-state index contributed by atoms with van der Waals surface area (Å²) in [7, 11) is 3.68. The Morgan fingerprint density at radius 2 is 2.17 bits per heavy atom. The highest BCUT2D eigenvalue weighted by Crippen LogP contribution is 2.28. The maximum absolute atomic E-state index is 6.21. The van der Waals surface area contributed by atoms with Crippen molar-refractivity contribution in [2.45, 2.75) is 0 Å². The van der Waals surface area contributed by atoms with E-state index in [9.17, 15) is 0 Å². The summed E-state index contributed by atoms with van der Waals surface area (Å²) in [5.74, 6) is 0.892. The number of pyridine rings is 1. The fraction of sp³-hybridized carbons (Fsp3) is 0.308. The smallest absolute Gasteiger partial charge is 0.129 e. The lowest BCUT2D eigenvalue weighted by Gasteiger charge is -2.18. The number of fused-ring (bicyclic) bond motifs is 1. The molecule has 0 aliphatic heterocycles. The van der Waals surface area contributed by atoms with Gasteiger partial charge in [-0.3, -0.25) is 0 Å². The van der Waals surface area contributed by atoms with Crippen molar-refractivity contribution >= 4 is 44.3 Å². The monoisotopic (exact) mass is 328 g/mol. The number of benzene rings is 1. The fourth-order valence-electron chi connectivity index (χ4n) is 1.70. The predicted molar refractivity (Wildman–Crippen MR) is 79.6 cm³/mol. The number of hydrogen-bond donors (Lipinski definition) is 0. The van der Waals surface area contributed by atoms with E-state index in [1.54, 1.807) is 7.11 Å². The van der Waals surface area contributed by atoms with Crippen LogP contribution in [-0.2, 0) is 4.74 Å². The van der Waals surface area contributed by atoms with E-state index in [0.29, 0.717) is 11.6 Å². The number of anilines is 1. The number of nitrogens with zero attached hydrogens (tertiary/aromatic N) is 2. The zero-order valence-corrected chi connectivity index (χ0v) is 12.6. The van der Waals surface area contributed by atoms with Gasteiger partial charge in [-0.15, -0.1) is 0 Å². The number of aromatic nitrogens is 1. The van der Waals surface area contributed by atoms with Crippen molar-refractivity contribution in [3.63, 3.8) is 0 Å². The van der Waals surface area contributed by atoms with Gasteiger partial charge in [-0.25, -0.2) is 4.98 Å². The molecule has 0 fully saturated rings. The Balaban J connectivity index is 2.38. The summed E-state index contributed by atoms with van der Waals surface area (Å²) in [4.78, 5) is 6.63. The molecule has 0 amide bonds. The van der Waals surface area contributed by atoms with Crippen LogP contribution in [-0.4, -0.2) is 32.3 Å². The average molecular weight is 330 g/mol. The highest BCUT2D eigenvalue weighted by atomic mass is 79.9. The Kier molecular flexibility index (Phi) is 4.43. The molecule has 1 aromatic heterocycles. The van der Waals surface area contributed by atoms with Gasteiger partial charge in [0.05, 0.1) is 17.1 Å². The SMILES string of the molecule is COCCN(C)c1ccc2cc(Br)cc(Cl)c2n1. The summed E-state index contributed by atoms with van der Waals surface area (Å²) in [6.45, 7) is 1.47. The van der Waals surface area contributed by atoms with Crippen molar-refractivity contribution < 1.29 is 4.74 Å². The Morgan fingerprint density at radius 3 is 2.89 bits per heavy atom. The van der Waals surface area contributed by atoms with Crippen LogP contribution in [0.5, 0.6) is 0 Å². The minimum atomic E-state index is 0.654. The van der Waals surface area contributed by atoms with Crippen molar-refractivity contribution in [1.82, 2.24) is 4.98 Å². The molecule has 18 heavy (non-hydrogen) atoms. The summed E-state index contributed by atoms with van der Waals surface area (Å²) in [6.07, 6.45) is 0. The summed E-state index contributed by atoms with van der Waals surface area (Å²) in [5, 5.41) is 1.68. The first-order valence-electron chi connectivity index (χ1n) is 5.57. The molecule has 2 aromatic rings. The summed E-state index contributed by atoms with van der Waals surface area (Å²) in [6, 6.07) is 7.88. The maximum Gasteiger partial charge on any atom is 0.129 e. The van der Waals surface area contributed by atoms with Gasteiger partial charge in [-0.05, 0) is 24.3 Å². The molecule has 0 saturated carbocycles. The number of halogens is 2. The third-order valence-electron chi connectivity index (χ3n) is 2.72. The molecule has 0 N–H and O–H groups in total. The molecule has 1 aromatic carbocycles. The van der Waals surface area contributed by atoms with Gasteiger partial charge in [-0.2, -0.15) is 0 Å². The number of ether oxygens (including phenoxy) is 1. The molecular formula is C13H14BrClN2O. The van der Waals surface area contributed by atoms with E-state index in [1.165, 1.54) is 0 Å². The van der Waals surface area contributed by atoms with E-state index < -0.39 is 0 Å². The second kappa shape index (κ2) is 5.87. The minimum absolute atomic E-state index is 0.654. The third kappa shape index (κ3) is 2.94. The first-order valence-corrected chi connectivity index (χ1v) is 6.75. The van der Waals surface area contributed by atoms with Crippen LogP contribution in [0.3, 0.4) is 0 Å². The second-order valence-corrected chi connectivity index (χ2v) is 5.37. The molecule has 1 heterocycles. The molecule has 0 saturated heterocycles. The Hall–Kier alpha value is -0.840. The van der Waals surface area contributed by atoms with E-state index in [2.05, 4.69) is 20.9 Å². The molecule has 0 atom stereocenters. The number of rotatable bonds is 4. The van der Waals surface area contributed by atoms with Crippen LogP contribution >= 0.6 is 27.5 Å². The van der Waals surface area contributed by atoms with Crippen LogP contribution in [0.4, 0.5) is 5.82 Å². The molecule has 96 valence electrons. The third-order valence-corrected chi connectivity index (χ3v) is 3.46. The van der Waals surface area contributed by atoms with Crippen LogP contribution in [0.25, 0.3) is 10.9 Å². The van der Waals surface area contributed by atoms with E-state index in [1.807, 2.05) is 36.2 Å². The lowest BCUT2D eigenvalue weighted by atomic mass is 10.2. The number of likely N-dealkylation sites (N-methyl/N-ethyl adjacent to an activating group) is 1. The van der Waals surface area contributed by atoms with Gasteiger partial charge in [0.15, 0.2) is 0 Å². The topological polar surface area (TPSA) is 25.4 Å². The Morgan fingerprint density at radius 1 is 1.39 bits per heavy atom. The molecule has 0 spiro atoms. The zero-order chi connectivity index (χ0) is 13.1. The Labute approximate surface area is 120 Å². The highest BCUT2D eigenvalue weighted by Gasteiger charge is 2.07. The predicted octanol–water partition coefficient (Wildman–Crippen LogP) is 3.73. The van der Waals surface area contributed by atoms with Gasteiger partial charge in [0.2, 0.25) is 0 Å². The molecule has 0 aliphatic carbocycles. The quantitative estimate of drug-likeness (QED) is 0.854. The lowest BCUT2D eigenvalue weighted by Crippen LogP contribution is -2.22. The van der Waals surface area contributed by atoms with Gasteiger partial charge in [-0.1, -0.05) is 27.5 Å². The van der Waals surface area contributed by atoms with Crippen LogP contribution in [0.1, 0.15) is 0 Å².